The van der Waals surface area contributed by atoms with Crippen molar-refractivity contribution in [1.82, 2.24) is 5.32 Å². The molecule has 8 aliphatic rings. The van der Waals surface area contributed by atoms with Crippen molar-refractivity contribution in [1.29, 1.82) is 0 Å². The van der Waals surface area contributed by atoms with Gasteiger partial charge in [0.15, 0.2) is 5.78 Å². The number of esters is 1. The number of amides is 1. The van der Waals surface area contributed by atoms with E-state index in [0.717, 1.165) is 69.9 Å². The summed E-state index contributed by atoms with van der Waals surface area (Å²) in [7, 11) is 3.55. The molecule has 1 aromatic rings. The minimum Gasteiger partial charge on any atom is -0.469 e. The van der Waals surface area contributed by atoms with Gasteiger partial charge in [0.2, 0.25) is 0 Å². The lowest BCUT2D eigenvalue weighted by Gasteiger charge is -2.64. The van der Waals surface area contributed by atoms with Crippen LogP contribution in [0.25, 0.3) is 0 Å². The third-order valence-corrected chi connectivity index (χ3v) is 22.1. The zero-order valence-electron chi connectivity index (χ0n) is 49.1. The molecule has 13 nitrogen and oxygen atoms in total. The third-order valence-electron chi connectivity index (χ3n) is 22.1. The Balaban J connectivity index is 0.865. The van der Waals surface area contributed by atoms with Crippen LogP contribution in [0.4, 0.5) is 15.3 Å². The normalized spacial score (nSPS) is 38.1. The summed E-state index contributed by atoms with van der Waals surface area (Å²) in [6.45, 7) is 20.3. The summed E-state index contributed by atoms with van der Waals surface area (Å²) in [5, 5.41) is 27.6. The van der Waals surface area contributed by atoms with Crippen molar-refractivity contribution in [3.05, 3.63) is 52.6 Å². The lowest BCUT2D eigenvalue weighted by atomic mass is 9.43. The van der Waals surface area contributed by atoms with Gasteiger partial charge in [0, 0.05) is 55.9 Å². The van der Waals surface area contributed by atoms with Crippen LogP contribution in [0.2, 0.25) is 0 Å². The minimum atomic E-state index is -1.06. The van der Waals surface area contributed by atoms with Gasteiger partial charge in [-0.3, -0.25) is 9.59 Å². The average molecular weight is 1080 g/mol. The molecule has 6 fully saturated rings. The summed E-state index contributed by atoms with van der Waals surface area (Å²) in [6.07, 6.45) is 12.3. The van der Waals surface area contributed by atoms with Crippen LogP contribution in [0.3, 0.4) is 0 Å². The Morgan fingerprint density at radius 1 is 0.949 bits per heavy atom. The highest BCUT2D eigenvalue weighted by Gasteiger charge is 2.68. The van der Waals surface area contributed by atoms with Gasteiger partial charge in [-0.2, -0.15) is 0 Å². The van der Waals surface area contributed by atoms with Gasteiger partial charge in [-0.05, 0) is 211 Å². The molecule has 0 radical (unpaired) electrons. The highest BCUT2D eigenvalue weighted by Crippen LogP contribution is 2.70. The number of aliphatic hydroxyl groups excluding tert-OH is 1. The van der Waals surface area contributed by atoms with Crippen LogP contribution >= 0.6 is 0 Å². The van der Waals surface area contributed by atoms with Crippen LogP contribution < -0.4 is 10.2 Å². The van der Waals surface area contributed by atoms with Gasteiger partial charge in [-0.25, -0.2) is 9.59 Å². The molecule has 6 saturated carbocycles. The third kappa shape index (κ3) is 10.9. The first kappa shape index (κ1) is 58.3. The van der Waals surface area contributed by atoms with Crippen LogP contribution in [-0.2, 0) is 33.3 Å². The molecule has 0 aliphatic heterocycles. The van der Waals surface area contributed by atoms with Crippen molar-refractivity contribution in [2.24, 2.45) is 69.5 Å². The van der Waals surface area contributed by atoms with E-state index in [1.54, 1.807) is 0 Å². The minimum absolute atomic E-state index is 0.0450. The van der Waals surface area contributed by atoms with Crippen LogP contribution in [0.1, 0.15) is 177 Å². The summed E-state index contributed by atoms with van der Waals surface area (Å²) in [5.74, 6) is 8.34. The number of hydrogen-bond donors (Lipinski definition) is 3. The topological polar surface area (TPSA) is 170 Å². The molecule has 1 aromatic carbocycles. The number of carbonyl (C=O) groups is 4. The van der Waals surface area contributed by atoms with Gasteiger partial charge >= 0.3 is 18.2 Å². The smallest absolute Gasteiger partial charge is 0.469 e. The molecule has 8 aliphatic carbocycles. The van der Waals surface area contributed by atoms with Gasteiger partial charge in [0.1, 0.15) is 17.3 Å². The summed E-state index contributed by atoms with van der Waals surface area (Å²) < 4.78 is 29.3. The molecule has 13 heteroatoms. The summed E-state index contributed by atoms with van der Waals surface area (Å²) in [5.41, 5.74) is 4.02. The number of hydrogen-bond acceptors (Lipinski definition) is 12. The zero-order valence-corrected chi connectivity index (χ0v) is 49.1. The predicted molar refractivity (Wildman–Crippen MR) is 300 cm³/mol. The molecule has 0 heterocycles. The molecular weight excluding hydrogens is 985 g/mol. The van der Waals surface area contributed by atoms with Crippen molar-refractivity contribution >= 4 is 29.7 Å². The van der Waals surface area contributed by atoms with Crippen LogP contribution in [0, 0.1) is 81.3 Å². The quantitative estimate of drug-likeness (QED) is 0.0658. The van der Waals surface area contributed by atoms with Crippen LogP contribution in [0.15, 0.2) is 47.1 Å². The first-order valence-electron chi connectivity index (χ1n) is 30.1. The maximum absolute atomic E-state index is 13.7. The Morgan fingerprint density at radius 2 is 1.71 bits per heavy atom. The zero-order chi connectivity index (χ0) is 56.1. The highest BCUT2D eigenvalue weighted by atomic mass is 16.7. The second-order valence-corrected chi connectivity index (χ2v) is 27.2. The largest absolute Gasteiger partial charge is 0.508 e. The van der Waals surface area contributed by atoms with Crippen LogP contribution in [0.5, 0.6) is 0 Å². The van der Waals surface area contributed by atoms with E-state index in [4.69, 9.17) is 23.7 Å². The fourth-order valence-electron chi connectivity index (χ4n) is 18.1. The second-order valence-electron chi connectivity index (χ2n) is 27.2. The SMILES string of the molecule is CC#C[C@]1(O)C(C)CC2C3CCC4=CC(=O)CCC4=C3[C@@H](c3ccc(N(C)CCO[C@H]4CC[C@@]5(C)[C@@H](C4)C[C@@H](OC(=O)OCCCNC(=O)OC(C)(C)C)[C@@H]4[C@@H]5C[C@H](O)[C@]5(C)[C@@H]([C@H](C)CCC(=O)OC)CC[C@@H]45)cc3)C[C@@]21C. The van der Waals surface area contributed by atoms with Gasteiger partial charge in [0.05, 0.1) is 32.5 Å². The summed E-state index contributed by atoms with van der Waals surface area (Å²) >= 11 is 0. The van der Waals surface area contributed by atoms with E-state index in [1.807, 2.05) is 33.8 Å². The standard InChI is InChI=1S/C65H94N2O11/c1-12-27-65(73)40(3)33-52-48-21-17-42-34-45(68)20-22-47(42)57(48)49(38-63(52,65)8)41-15-18-44(19-16-41)67(10)30-32-75-46-26-28-62(7)43(35-46)36-54(77-60(72)76-31-13-29-66-59(71)78-61(4,5)6)58-51-24-23-50(39(2)14-25-56(70)74-11)64(51,9)55(69)37-53(58)62/h15-16,18-19,34,39-40,43,46,48-55,58,69,73H,13-14,17,20-26,28-33,35-38H2,1-11H3,(H,66,71)/t39-,40?,43+,46+,48?,49-,50-,51+,52?,53+,54-,55+,58+,62+,63+,64-,65+/m1/s1. The highest BCUT2D eigenvalue weighted by molar-refractivity contribution is 5.93. The van der Waals surface area contributed by atoms with Crippen LogP contribution in [-0.4, -0.2) is 104 Å². The number of rotatable bonds is 15. The van der Waals surface area contributed by atoms with Crippen molar-refractivity contribution in [3.63, 3.8) is 0 Å². The monoisotopic (exact) mass is 1080 g/mol. The number of anilines is 1. The van der Waals surface area contributed by atoms with E-state index in [1.165, 1.54) is 29.4 Å². The Kier molecular flexibility index (Phi) is 17.1. The van der Waals surface area contributed by atoms with Crippen molar-refractivity contribution in [2.75, 3.05) is 45.4 Å². The van der Waals surface area contributed by atoms with Gasteiger partial charge in [-0.1, -0.05) is 58.2 Å². The maximum atomic E-state index is 13.7. The number of aliphatic hydroxyl groups is 2. The lowest BCUT2D eigenvalue weighted by Crippen LogP contribution is -2.63. The van der Waals surface area contributed by atoms with Crippen molar-refractivity contribution in [2.45, 2.75) is 200 Å². The molecule has 0 spiro atoms. The Morgan fingerprint density at radius 3 is 2.42 bits per heavy atom. The number of likely N-dealkylation sites (N-methyl/N-ethyl adjacent to an activating group) is 1. The fourth-order valence-corrected chi connectivity index (χ4v) is 18.1. The molecule has 0 aromatic heterocycles. The first-order chi connectivity index (χ1) is 36.9. The summed E-state index contributed by atoms with van der Waals surface area (Å²) in [6, 6.07) is 9.05. The number of nitrogens with one attached hydrogen (secondary N) is 1. The molecule has 78 heavy (non-hydrogen) atoms. The molecule has 3 unspecified atom stereocenters. The number of methoxy groups -OCH3 is 1. The molecule has 3 N–H and O–H groups in total. The lowest BCUT2D eigenvalue weighted by molar-refractivity contribution is -0.211. The molecule has 17 atom stereocenters. The Hall–Kier alpha value is -4.38. The average Bonchev–Trinajstić information content (AvgIpc) is 3.93. The fraction of sp³-hybridized carbons (Fsp3) is 0.754. The number of alkyl carbamates (subject to hydrolysis) is 1. The van der Waals surface area contributed by atoms with Gasteiger partial charge in [-0.15, -0.1) is 5.92 Å². The van der Waals surface area contributed by atoms with E-state index in [9.17, 15) is 29.4 Å². The first-order valence-corrected chi connectivity index (χ1v) is 30.1. The summed E-state index contributed by atoms with van der Waals surface area (Å²) in [4.78, 5) is 53.1. The van der Waals surface area contributed by atoms with E-state index in [2.05, 4.69) is 88.0 Å². The Bertz CT molecular complexity index is 2520. The predicted octanol–water partition coefficient (Wildman–Crippen LogP) is 11.7. The second kappa shape index (κ2) is 22.9. The van der Waals surface area contributed by atoms with E-state index in [-0.39, 0.29) is 82.6 Å². The Labute approximate surface area is 466 Å². The van der Waals surface area contributed by atoms with Crippen molar-refractivity contribution < 1.29 is 53.1 Å². The number of ketones is 1. The van der Waals surface area contributed by atoms with E-state index in [0.29, 0.717) is 70.1 Å². The molecule has 9 rings (SSSR count). The van der Waals surface area contributed by atoms with Gasteiger partial charge < -0.3 is 44.1 Å². The number of fused-ring (bicyclic) bond motifs is 9. The molecule has 0 bridgehead atoms. The van der Waals surface area contributed by atoms with Crippen molar-refractivity contribution in [3.8, 4) is 11.8 Å². The van der Waals surface area contributed by atoms with E-state index < -0.39 is 41.1 Å². The number of nitrogens with zero attached hydrogens (tertiary/aromatic N) is 1. The molecule has 430 valence electrons. The van der Waals surface area contributed by atoms with Gasteiger partial charge in [0.25, 0.3) is 0 Å². The molecular formula is C65H94N2O11. The number of benzene rings is 1. The van der Waals surface area contributed by atoms with E-state index >= 15 is 0 Å². The molecule has 1 amide bonds. The number of carbonyl (C=O) groups excluding carboxylic acids is 4. The number of ether oxygens (including phenoxy) is 5. The number of allylic oxidation sites excluding steroid dienone is 4. The maximum Gasteiger partial charge on any atom is 0.508 e. The molecule has 0 saturated heterocycles.